The lowest BCUT2D eigenvalue weighted by atomic mass is 9.93. The van der Waals surface area contributed by atoms with Crippen molar-refractivity contribution < 1.29 is 14.3 Å². The molecule has 1 heterocycles. The average molecular weight is 440 g/mol. The molecule has 152 valence electrons. The highest BCUT2D eigenvalue weighted by molar-refractivity contribution is 7.98. The number of benzene rings is 3. The standard InChI is InChI=1S/C24H19ClFNO2S/c1-30-18-12-6-15(7-13-18)14-27-22(19-4-2-3-5-20(19)26)21(23(28)24(27)29)16-8-10-17(25)11-9-16/h2-13,22,28H,14H2,1H3/t22-/m1/s1. The molecule has 0 aliphatic carbocycles. The van der Waals surface area contributed by atoms with Crippen LogP contribution >= 0.6 is 23.4 Å². The zero-order chi connectivity index (χ0) is 21.3. The van der Waals surface area contributed by atoms with Gasteiger partial charge in [-0.05, 0) is 47.7 Å². The summed E-state index contributed by atoms with van der Waals surface area (Å²) in [5.74, 6) is -1.33. The Morgan fingerprint density at radius 3 is 2.33 bits per heavy atom. The van der Waals surface area contributed by atoms with Gasteiger partial charge in [-0.15, -0.1) is 11.8 Å². The Kier molecular flexibility index (Phi) is 5.84. The van der Waals surface area contributed by atoms with Crippen molar-refractivity contribution in [3.05, 3.63) is 106 Å². The maximum Gasteiger partial charge on any atom is 0.290 e. The Balaban J connectivity index is 1.80. The van der Waals surface area contributed by atoms with Crippen LogP contribution in [0.4, 0.5) is 4.39 Å². The summed E-state index contributed by atoms with van der Waals surface area (Å²) in [5, 5.41) is 11.3. The van der Waals surface area contributed by atoms with Crippen molar-refractivity contribution in [2.75, 3.05) is 6.26 Å². The normalized spacial score (nSPS) is 16.4. The lowest BCUT2D eigenvalue weighted by Crippen LogP contribution is -2.30. The first-order valence-electron chi connectivity index (χ1n) is 9.37. The number of hydrogen-bond acceptors (Lipinski definition) is 3. The Morgan fingerprint density at radius 2 is 1.70 bits per heavy atom. The number of nitrogens with zero attached hydrogens (tertiary/aromatic N) is 1. The van der Waals surface area contributed by atoms with E-state index in [9.17, 15) is 14.3 Å². The molecule has 1 aliphatic heterocycles. The van der Waals surface area contributed by atoms with Crippen LogP contribution in [0, 0.1) is 5.82 Å². The van der Waals surface area contributed by atoms with Crippen molar-refractivity contribution in [2.24, 2.45) is 0 Å². The van der Waals surface area contributed by atoms with Crippen molar-refractivity contribution in [3.63, 3.8) is 0 Å². The molecular weight excluding hydrogens is 421 g/mol. The lowest BCUT2D eigenvalue weighted by molar-refractivity contribution is -0.130. The molecule has 0 aromatic heterocycles. The van der Waals surface area contributed by atoms with E-state index in [1.54, 1.807) is 54.2 Å². The van der Waals surface area contributed by atoms with Gasteiger partial charge >= 0.3 is 0 Å². The fourth-order valence-corrected chi connectivity index (χ4v) is 4.22. The highest BCUT2D eigenvalue weighted by Gasteiger charge is 2.42. The summed E-state index contributed by atoms with van der Waals surface area (Å²) >= 11 is 7.64. The summed E-state index contributed by atoms with van der Waals surface area (Å²) in [5.41, 5.74) is 2.23. The van der Waals surface area contributed by atoms with E-state index in [-0.39, 0.29) is 12.3 Å². The number of thioether (sulfide) groups is 1. The number of halogens is 2. The van der Waals surface area contributed by atoms with Crippen LogP contribution in [-0.4, -0.2) is 22.2 Å². The van der Waals surface area contributed by atoms with Gasteiger partial charge in [0.25, 0.3) is 5.91 Å². The number of carbonyl (C=O) groups excluding carboxylic acids is 1. The van der Waals surface area contributed by atoms with Gasteiger partial charge in [-0.25, -0.2) is 4.39 Å². The van der Waals surface area contributed by atoms with Gasteiger partial charge in [-0.1, -0.05) is 54.1 Å². The van der Waals surface area contributed by atoms with Crippen molar-refractivity contribution >= 4 is 34.8 Å². The summed E-state index contributed by atoms with van der Waals surface area (Å²) in [7, 11) is 0. The van der Waals surface area contributed by atoms with Crippen molar-refractivity contribution in [3.8, 4) is 0 Å². The largest absolute Gasteiger partial charge is 0.503 e. The number of aliphatic hydroxyl groups excluding tert-OH is 1. The molecule has 6 heteroatoms. The molecule has 3 aromatic carbocycles. The van der Waals surface area contributed by atoms with E-state index >= 15 is 0 Å². The zero-order valence-corrected chi connectivity index (χ0v) is 17.8. The van der Waals surface area contributed by atoms with Crippen LogP contribution in [0.15, 0.2) is 83.5 Å². The van der Waals surface area contributed by atoms with E-state index in [0.29, 0.717) is 21.7 Å². The third kappa shape index (κ3) is 3.83. The number of rotatable bonds is 5. The third-order valence-electron chi connectivity index (χ3n) is 5.17. The molecule has 0 saturated carbocycles. The molecule has 30 heavy (non-hydrogen) atoms. The van der Waals surface area contributed by atoms with Crippen molar-refractivity contribution in [2.45, 2.75) is 17.5 Å². The van der Waals surface area contributed by atoms with E-state index in [2.05, 4.69) is 0 Å². The van der Waals surface area contributed by atoms with Crippen molar-refractivity contribution in [1.82, 2.24) is 4.90 Å². The third-order valence-corrected chi connectivity index (χ3v) is 6.17. The minimum Gasteiger partial charge on any atom is -0.503 e. The minimum atomic E-state index is -0.750. The number of carbonyl (C=O) groups is 1. The van der Waals surface area contributed by atoms with Crippen LogP contribution in [-0.2, 0) is 11.3 Å². The first-order valence-corrected chi connectivity index (χ1v) is 11.0. The molecule has 1 aliphatic rings. The van der Waals surface area contributed by atoms with Gasteiger partial charge in [0.2, 0.25) is 0 Å². The molecule has 0 unspecified atom stereocenters. The molecule has 3 nitrogen and oxygen atoms in total. The summed E-state index contributed by atoms with van der Waals surface area (Å²) in [4.78, 5) is 15.7. The summed E-state index contributed by atoms with van der Waals surface area (Å²) < 4.78 is 14.8. The average Bonchev–Trinajstić information content (AvgIpc) is 3.00. The molecule has 1 atom stereocenters. The molecule has 0 fully saturated rings. The summed E-state index contributed by atoms with van der Waals surface area (Å²) in [6.07, 6.45) is 1.99. The maximum absolute atomic E-state index is 14.8. The minimum absolute atomic E-state index is 0.244. The molecule has 0 saturated heterocycles. The first kappa shape index (κ1) is 20.5. The van der Waals surface area contributed by atoms with E-state index < -0.39 is 17.8 Å². The predicted molar refractivity (Wildman–Crippen MR) is 119 cm³/mol. The van der Waals surface area contributed by atoms with Gasteiger partial charge in [0, 0.05) is 27.6 Å². The second-order valence-corrected chi connectivity index (χ2v) is 8.29. The van der Waals surface area contributed by atoms with Gasteiger partial charge in [-0.2, -0.15) is 0 Å². The fraction of sp³-hybridized carbons (Fsp3) is 0.125. The molecule has 1 N–H and O–H groups in total. The van der Waals surface area contributed by atoms with Crippen LogP contribution in [0.25, 0.3) is 5.57 Å². The van der Waals surface area contributed by atoms with Gasteiger partial charge < -0.3 is 10.0 Å². The Hall–Kier alpha value is -2.76. The highest BCUT2D eigenvalue weighted by atomic mass is 35.5. The van der Waals surface area contributed by atoms with Crippen molar-refractivity contribution in [1.29, 1.82) is 0 Å². The second-order valence-electron chi connectivity index (χ2n) is 6.97. The van der Waals surface area contributed by atoms with Gasteiger partial charge in [0.15, 0.2) is 5.76 Å². The number of hydrogen-bond donors (Lipinski definition) is 1. The predicted octanol–water partition coefficient (Wildman–Crippen LogP) is 6.25. The topological polar surface area (TPSA) is 40.5 Å². The smallest absolute Gasteiger partial charge is 0.290 e. The Morgan fingerprint density at radius 1 is 1.03 bits per heavy atom. The Bertz CT molecular complexity index is 1110. The molecule has 0 radical (unpaired) electrons. The summed E-state index contributed by atoms with van der Waals surface area (Å²) in [6, 6.07) is 20.2. The SMILES string of the molecule is CSc1ccc(CN2C(=O)C(O)=C(c3ccc(Cl)cc3)[C@H]2c2ccccc2F)cc1. The Labute approximate surface area is 183 Å². The zero-order valence-electron chi connectivity index (χ0n) is 16.2. The van der Waals surface area contributed by atoms with Crippen LogP contribution in [0.1, 0.15) is 22.7 Å². The van der Waals surface area contributed by atoms with Crippen LogP contribution < -0.4 is 0 Å². The quantitative estimate of drug-likeness (QED) is 0.477. The van der Waals surface area contributed by atoms with Gasteiger partial charge in [-0.3, -0.25) is 4.79 Å². The summed E-state index contributed by atoms with van der Waals surface area (Å²) in [6.45, 7) is 0.244. The molecular formula is C24H19ClFNO2S. The first-order chi connectivity index (χ1) is 14.5. The molecule has 3 aromatic rings. The van der Waals surface area contributed by atoms with E-state index in [1.807, 2.05) is 30.5 Å². The number of aliphatic hydroxyl groups is 1. The highest BCUT2D eigenvalue weighted by Crippen LogP contribution is 2.44. The van der Waals surface area contributed by atoms with Crippen LogP contribution in [0.5, 0.6) is 0 Å². The lowest BCUT2D eigenvalue weighted by Gasteiger charge is -2.28. The van der Waals surface area contributed by atoms with E-state index in [0.717, 1.165) is 10.5 Å². The molecule has 0 spiro atoms. The van der Waals surface area contributed by atoms with E-state index in [4.69, 9.17) is 11.6 Å². The molecule has 1 amide bonds. The maximum atomic E-state index is 14.8. The van der Waals surface area contributed by atoms with Crippen LogP contribution in [0.3, 0.4) is 0 Å². The van der Waals surface area contributed by atoms with Crippen LogP contribution in [0.2, 0.25) is 5.02 Å². The number of amides is 1. The molecule has 0 bridgehead atoms. The fourth-order valence-electron chi connectivity index (χ4n) is 3.69. The second kappa shape index (κ2) is 8.54. The van der Waals surface area contributed by atoms with Gasteiger partial charge in [0.1, 0.15) is 5.82 Å². The molecule has 4 rings (SSSR count). The monoisotopic (exact) mass is 439 g/mol. The van der Waals surface area contributed by atoms with E-state index in [1.165, 1.54) is 11.0 Å². The van der Waals surface area contributed by atoms with Gasteiger partial charge in [0.05, 0.1) is 6.04 Å².